The van der Waals surface area contributed by atoms with E-state index >= 15 is 0 Å². The Morgan fingerprint density at radius 3 is 1.91 bits per heavy atom. The molecule has 2 rings (SSSR count). The third-order valence-electron chi connectivity index (χ3n) is 0.855. The SMILES string of the molecule is c1nnc(Sc2nncs2)s1. The first kappa shape index (κ1) is 7.14. The molecule has 2 aromatic heterocycles. The highest BCUT2D eigenvalue weighted by Crippen LogP contribution is 2.28. The molecule has 0 unspecified atom stereocenters. The summed E-state index contributed by atoms with van der Waals surface area (Å²) in [6.07, 6.45) is 0. The Hall–Kier alpha value is -0.530. The first-order valence-corrected chi connectivity index (χ1v) is 5.23. The maximum Gasteiger partial charge on any atom is 0.181 e. The second kappa shape index (κ2) is 3.24. The van der Waals surface area contributed by atoms with E-state index in [1.807, 2.05) is 0 Å². The molecule has 0 aliphatic carbocycles. The molecule has 0 aliphatic rings. The minimum absolute atomic E-state index is 0.904. The quantitative estimate of drug-likeness (QED) is 0.739. The molecule has 0 atom stereocenters. The van der Waals surface area contributed by atoms with Crippen molar-refractivity contribution in [2.75, 3.05) is 0 Å². The van der Waals surface area contributed by atoms with Crippen LogP contribution in [0.2, 0.25) is 0 Å². The molecule has 0 spiro atoms. The van der Waals surface area contributed by atoms with Crippen molar-refractivity contribution in [3.8, 4) is 0 Å². The van der Waals surface area contributed by atoms with E-state index in [1.54, 1.807) is 11.0 Å². The van der Waals surface area contributed by atoms with Gasteiger partial charge in [0.25, 0.3) is 0 Å². The van der Waals surface area contributed by atoms with Gasteiger partial charge in [0.05, 0.1) is 0 Å². The normalized spacial score (nSPS) is 10.2. The molecule has 0 amide bonds. The number of rotatable bonds is 2. The average molecular weight is 202 g/mol. The summed E-state index contributed by atoms with van der Waals surface area (Å²) >= 11 is 4.49. The van der Waals surface area contributed by atoms with Crippen molar-refractivity contribution in [1.82, 2.24) is 20.4 Å². The van der Waals surface area contributed by atoms with E-state index in [1.165, 1.54) is 34.4 Å². The molecule has 0 saturated carbocycles. The van der Waals surface area contributed by atoms with Gasteiger partial charge in [-0.25, -0.2) is 0 Å². The number of aromatic nitrogens is 4. The van der Waals surface area contributed by atoms with Gasteiger partial charge in [-0.05, 0) is 11.8 Å². The fraction of sp³-hybridized carbons (Fsp3) is 0. The molecule has 4 nitrogen and oxygen atoms in total. The fourth-order valence-electron chi connectivity index (χ4n) is 0.490. The van der Waals surface area contributed by atoms with E-state index in [0.29, 0.717) is 0 Å². The van der Waals surface area contributed by atoms with Crippen LogP contribution in [0, 0.1) is 0 Å². The predicted molar refractivity (Wildman–Crippen MR) is 43.9 cm³/mol. The van der Waals surface area contributed by atoms with Gasteiger partial charge in [-0.1, -0.05) is 22.7 Å². The summed E-state index contributed by atoms with van der Waals surface area (Å²) in [4.78, 5) is 0. The summed E-state index contributed by atoms with van der Waals surface area (Å²) in [5.74, 6) is 0. The molecule has 0 bridgehead atoms. The van der Waals surface area contributed by atoms with E-state index in [9.17, 15) is 0 Å². The minimum Gasteiger partial charge on any atom is -0.146 e. The highest BCUT2D eigenvalue weighted by atomic mass is 32.2. The van der Waals surface area contributed by atoms with Crippen LogP contribution in [0.3, 0.4) is 0 Å². The molecule has 0 aliphatic heterocycles. The second-order valence-corrected chi connectivity index (χ2v) is 4.67. The molecule has 2 aromatic rings. The fourth-order valence-corrected chi connectivity index (χ4v) is 2.65. The zero-order valence-corrected chi connectivity index (χ0v) is 7.62. The van der Waals surface area contributed by atoms with Crippen LogP contribution >= 0.6 is 34.4 Å². The van der Waals surface area contributed by atoms with Gasteiger partial charge in [-0.3, -0.25) is 0 Å². The maximum absolute atomic E-state index is 3.86. The van der Waals surface area contributed by atoms with Crippen LogP contribution in [-0.2, 0) is 0 Å². The molecule has 56 valence electrons. The van der Waals surface area contributed by atoms with Crippen LogP contribution in [0.1, 0.15) is 0 Å². The Bertz CT molecular complexity index is 270. The molecule has 2 heterocycles. The summed E-state index contributed by atoms with van der Waals surface area (Å²) in [5.41, 5.74) is 3.40. The third-order valence-corrected chi connectivity index (χ3v) is 3.41. The zero-order valence-electron chi connectivity index (χ0n) is 5.17. The van der Waals surface area contributed by atoms with Crippen molar-refractivity contribution in [2.45, 2.75) is 8.68 Å². The Morgan fingerprint density at radius 2 is 1.55 bits per heavy atom. The Kier molecular flexibility index (Phi) is 2.11. The highest BCUT2D eigenvalue weighted by molar-refractivity contribution is 8.02. The molecule has 0 N–H and O–H groups in total. The smallest absolute Gasteiger partial charge is 0.146 e. The summed E-state index contributed by atoms with van der Waals surface area (Å²) in [6, 6.07) is 0. The molecule has 0 saturated heterocycles. The first-order chi connectivity index (χ1) is 5.45. The number of hydrogen-bond acceptors (Lipinski definition) is 7. The van der Waals surface area contributed by atoms with Crippen LogP contribution in [0.4, 0.5) is 0 Å². The van der Waals surface area contributed by atoms with Crippen molar-refractivity contribution in [3.63, 3.8) is 0 Å². The molecule has 7 heteroatoms. The van der Waals surface area contributed by atoms with E-state index in [0.717, 1.165) is 8.68 Å². The van der Waals surface area contributed by atoms with Gasteiger partial charge in [0.2, 0.25) is 0 Å². The van der Waals surface area contributed by atoms with Gasteiger partial charge in [0, 0.05) is 0 Å². The summed E-state index contributed by atoms with van der Waals surface area (Å²) in [6.45, 7) is 0. The largest absolute Gasteiger partial charge is 0.181 e. The molecular formula is C4H2N4S3. The highest BCUT2D eigenvalue weighted by Gasteiger charge is 2.02. The standard InChI is InChI=1S/C4H2N4S3/c1-5-7-3(9-1)11-4-8-6-2-10-4/h1-2H. The van der Waals surface area contributed by atoms with Crippen LogP contribution in [0.5, 0.6) is 0 Å². The lowest BCUT2D eigenvalue weighted by Crippen LogP contribution is -1.71. The van der Waals surface area contributed by atoms with Crippen molar-refractivity contribution >= 4 is 34.4 Å². The summed E-state index contributed by atoms with van der Waals surface area (Å²) < 4.78 is 1.81. The minimum atomic E-state index is 0.904. The van der Waals surface area contributed by atoms with Crippen LogP contribution in [0.25, 0.3) is 0 Å². The summed E-state index contributed by atoms with van der Waals surface area (Å²) in [7, 11) is 0. The van der Waals surface area contributed by atoms with Gasteiger partial charge in [-0.2, -0.15) is 0 Å². The lowest BCUT2D eigenvalue weighted by molar-refractivity contribution is 0.991. The Morgan fingerprint density at radius 1 is 1.00 bits per heavy atom. The lowest BCUT2D eigenvalue weighted by atomic mass is 11.5. The topological polar surface area (TPSA) is 51.6 Å². The average Bonchev–Trinajstić information content (AvgIpc) is 2.60. The van der Waals surface area contributed by atoms with Gasteiger partial charge in [-0.15, -0.1) is 20.4 Å². The van der Waals surface area contributed by atoms with Gasteiger partial charge in [0.1, 0.15) is 11.0 Å². The second-order valence-electron chi connectivity index (χ2n) is 1.51. The summed E-state index contributed by atoms with van der Waals surface area (Å²) in [5, 5.41) is 15.1. The van der Waals surface area contributed by atoms with Crippen molar-refractivity contribution in [2.24, 2.45) is 0 Å². The van der Waals surface area contributed by atoms with Crippen molar-refractivity contribution < 1.29 is 0 Å². The van der Waals surface area contributed by atoms with Gasteiger partial charge >= 0.3 is 0 Å². The number of nitrogens with zero attached hydrogens (tertiary/aromatic N) is 4. The van der Waals surface area contributed by atoms with E-state index < -0.39 is 0 Å². The molecule has 0 radical (unpaired) electrons. The monoisotopic (exact) mass is 202 g/mol. The Labute approximate surface area is 74.7 Å². The first-order valence-electron chi connectivity index (χ1n) is 2.65. The van der Waals surface area contributed by atoms with Crippen molar-refractivity contribution in [3.05, 3.63) is 11.0 Å². The van der Waals surface area contributed by atoms with Crippen LogP contribution in [-0.4, -0.2) is 20.4 Å². The molecule has 0 fully saturated rings. The molecule has 0 aromatic carbocycles. The molecular weight excluding hydrogens is 200 g/mol. The van der Waals surface area contributed by atoms with Gasteiger partial charge in [0.15, 0.2) is 8.68 Å². The zero-order chi connectivity index (χ0) is 7.52. The van der Waals surface area contributed by atoms with Crippen molar-refractivity contribution in [1.29, 1.82) is 0 Å². The molecule has 11 heavy (non-hydrogen) atoms. The van der Waals surface area contributed by atoms with E-state index in [4.69, 9.17) is 0 Å². The lowest BCUT2D eigenvalue weighted by Gasteiger charge is -1.83. The Balaban J connectivity index is 2.14. The van der Waals surface area contributed by atoms with Crippen LogP contribution in [0.15, 0.2) is 19.7 Å². The predicted octanol–water partition coefficient (Wildman–Crippen LogP) is 1.54. The maximum atomic E-state index is 3.86. The van der Waals surface area contributed by atoms with Crippen LogP contribution < -0.4 is 0 Å². The number of hydrogen-bond donors (Lipinski definition) is 0. The third kappa shape index (κ3) is 1.73. The van der Waals surface area contributed by atoms with Gasteiger partial charge < -0.3 is 0 Å². The van der Waals surface area contributed by atoms with E-state index in [-0.39, 0.29) is 0 Å². The van der Waals surface area contributed by atoms with E-state index in [2.05, 4.69) is 20.4 Å².